The van der Waals surface area contributed by atoms with Crippen molar-refractivity contribution in [1.82, 2.24) is 9.38 Å². The molecule has 0 atom stereocenters. The number of fused-ring (bicyclic) bond motifs is 1. The highest BCUT2D eigenvalue weighted by atomic mass is 16.5. The monoisotopic (exact) mass is 254 g/mol. The van der Waals surface area contributed by atoms with Crippen LogP contribution in [0, 0.1) is 0 Å². The molecule has 0 saturated carbocycles. The van der Waals surface area contributed by atoms with Gasteiger partial charge in [-0.05, 0) is 29.8 Å². The molecule has 0 amide bonds. The normalized spacial score (nSPS) is 10.8. The van der Waals surface area contributed by atoms with Crippen molar-refractivity contribution in [1.29, 1.82) is 0 Å². The molecule has 0 radical (unpaired) electrons. The molecule has 1 N–H and O–H groups in total. The van der Waals surface area contributed by atoms with E-state index >= 15 is 0 Å². The van der Waals surface area contributed by atoms with Crippen LogP contribution >= 0.6 is 0 Å². The minimum atomic E-state index is 0.0256. The summed E-state index contributed by atoms with van der Waals surface area (Å²) in [5.74, 6) is 0.811. The lowest BCUT2D eigenvalue weighted by atomic mass is 10.1. The molecule has 1 aromatic carbocycles. The van der Waals surface area contributed by atoms with Crippen LogP contribution in [0.25, 0.3) is 16.9 Å². The standard InChI is InChI=1S/C15H14N2O2/c1-19-13-4-2-3-12(8-13)14-9-17-6-5-11(10-18)7-15(17)16-14/h2-9,18H,10H2,1H3. The summed E-state index contributed by atoms with van der Waals surface area (Å²) < 4.78 is 7.16. The maximum atomic E-state index is 9.14. The van der Waals surface area contributed by atoms with E-state index in [9.17, 15) is 0 Å². The summed E-state index contributed by atoms with van der Waals surface area (Å²) in [7, 11) is 1.65. The molecule has 0 unspecified atom stereocenters. The number of methoxy groups -OCH3 is 1. The summed E-state index contributed by atoms with van der Waals surface area (Å²) in [6.07, 6.45) is 3.86. The van der Waals surface area contributed by atoms with E-state index in [1.54, 1.807) is 7.11 Å². The number of aliphatic hydroxyl groups is 1. The number of aromatic nitrogens is 2. The van der Waals surface area contributed by atoms with Gasteiger partial charge in [0.05, 0.1) is 19.4 Å². The van der Waals surface area contributed by atoms with Gasteiger partial charge in [-0.25, -0.2) is 4.98 Å². The second kappa shape index (κ2) is 4.74. The predicted molar refractivity (Wildman–Crippen MR) is 73.1 cm³/mol. The van der Waals surface area contributed by atoms with Crippen LogP contribution in [0.2, 0.25) is 0 Å². The van der Waals surface area contributed by atoms with E-state index in [0.717, 1.165) is 28.2 Å². The Morgan fingerprint density at radius 3 is 2.95 bits per heavy atom. The van der Waals surface area contributed by atoms with Gasteiger partial charge in [-0.2, -0.15) is 0 Å². The summed E-state index contributed by atoms with van der Waals surface area (Å²) in [4.78, 5) is 4.56. The lowest BCUT2D eigenvalue weighted by molar-refractivity contribution is 0.282. The van der Waals surface area contributed by atoms with E-state index in [2.05, 4.69) is 4.98 Å². The van der Waals surface area contributed by atoms with E-state index < -0.39 is 0 Å². The number of imidazole rings is 1. The van der Waals surface area contributed by atoms with Crippen molar-refractivity contribution >= 4 is 5.65 Å². The summed E-state index contributed by atoms with van der Waals surface area (Å²) in [6, 6.07) is 11.6. The topological polar surface area (TPSA) is 46.8 Å². The molecule has 96 valence electrons. The van der Waals surface area contributed by atoms with Crippen molar-refractivity contribution < 1.29 is 9.84 Å². The molecule has 0 aliphatic rings. The molecule has 2 aromatic heterocycles. The van der Waals surface area contributed by atoms with Crippen LogP contribution in [-0.4, -0.2) is 21.6 Å². The lowest BCUT2D eigenvalue weighted by Gasteiger charge is -2.00. The van der Waals surface area contributed by atoms with Crippen molar-refractivity contribution in [3.63, 3.8) is 0 Å². The Hall–Kier alpha value is -2.33. The Balaban J connectivity index is 2.09. The molecule has 3 rings (SSSR count). The van der Waals surface area contributed by atoms with Gasteiger partial charge in [-0.15, -0.1) is 0 Å². The average Bonchev–Trinajstić information content (AvgIpc) is 2.90. The first-order chi connectivity index (χ1) is 9.30. The van der Waals surface area contributed by atoms with Gasteiger partial charge in [-0.1, -0.05) is 12.1 Å². The third-order valence-electron chi connectivity index (χ3n) is 3.07. The highest BCUT2D eigenvalue weighted by Crippen LogP contribution is 2.23. The van der Waals surface area contributed by atoms with Gasteiger partial charge in [0.15, 0.2) is 0 Å². The van der Waals surface area contributed by atoms with Crippen LogP contribution in [0.15, 0.2) is 48.8 Å². The summed E-state index contributed by atoms with van der Waals surface area (Å²) >= 11 is 0. The third kappa shape index (κ3) is 2.18. The molecule has 2 heterocycles. The van der Waals surface area contributed by atoms with Crippen LogP contribution in [0.1, 0.15) is 5.56 Å². The minimum absolute atomic E-state index is 0.0256. The van der Waals surface area contributed by atoms with E-state index in [0.29, 0.717) is 0 Å². The molecule has 0 bridgehead atoms. The van der Waals surface area contributed by atoms with Gasteiger partial charge in [0.2, 0.25) is 0 Å². The molecule has 0 spiro atoms. The second-order valence-corrected chi connectivity index (χ2v) is 4.32. The summed E-state index contributed by atoms with van der Waals surface area (Å²) in [5, 5.41) is 9.14. The average molecular weight is 254 g/mol. The van der Waals surface area contributed by atoms with Gasteiger partial charge in [0, 0.05) is 18.0 Å². The van der Waals surface area contributed by atoms with Crippen LogP contribution in [0.3, 0.4) is 0 Å². The fourth-order valence-electron chi connectivity index (χ4n) is 2.04. The molecule has 0 saturated heterocycles. The van der Waals surface area contributed by atoms with Gasteiger partial charge >= 0.3 is 0 Å². The van der Waals surface area contributed by atoms with E-state index in [-0.39, 0.29) is 6.61 Å². The summed E-state index contributed by atoms with van der Waals surface area (Å²) in [6.45, 7) is 0.0256. The Morgan fingerprint density at radius 1 is 1.26 bits per heavy atom. The van der Waals surface area contributed by atoms with Crippen LogP contribution < -0.4 is 4.74 Å². The molecule has 3 aromatic rings. The molecular weight excluding hydrogens is 240 g/mol. The lowest BCUT2D eigenvalue weighted by Crippen LogP contribution is -1.87. The fraction of sp³-hybridized carbons (Fsp3) is 0.133. The molecular formula is C15H14N2O2. The Kier molecular flexibility index (Phi) is 2.93. The minimum Gasteiger partial charge on any atom is -0.497 e. The van der Waals surface area contributed by atoms with Gasteiger partial charge < -0.3 is 14.2 Å². The van der Waals surface area contributed by atoms with Gasteiger partial charge in [0.1, 0.15) is 11.4 Å². The van der Waals surface area contributed by atoms with E-state index in [1.807, 2.05) is 53.2 Å². The van der Waals surface area contributed by atoms with Gasteiger partial charge in [-0.3, -0.25) is 0 Å². The zero-order valence-corrected chi connectivity index (χ0v) is 10.6. The predicted octanol–water partition coefficient (Wildman–Crippen LogP) is 2.50. The number of nitrogens with zero attached hydrogens (tertiary/aromatic N) is 2. The first kappa shape index (κ1) is 11.7. The maximum Gasteiger partial charge on any atom is 0.137 e. The van der Waals surface area contributed by atoms with E-state index in [4.69, 9.17) is 9.84 Å². The van der Waals surface area contributed by atoms with Crippen molar-refractivity contribution in [3.05, 3.63) is 54.4 Å². The number of benzene rings is 1. The highest BCUT2D eigenvalue weighted by molar-refractivity contribution is 5.64. The van der Waals surface area contributed by atoms with E-state index in [1.165, 1.54) is 0 Å². The largest absolute Gasteiger partial charge is 0.497 e. The fourth-order valence-corrected chi connectivity index (χ4v) is 2.04. The molecule has 19 heavy (non-hydrogen) atoms. The molecule has 0 aliphatic carbocycles. The Morgan fingerprint density at radius 2 is 2.16 bits per heavy atom. The molecule has 0 aliphatic heterocycles. The number of pyridine rings is 1. The van der Waals surface area contributed by atoms with Crippen LogP contribution in [-0.2, 0) is 6.61 Å². The number of rotatable bonds is 3. The third-order valence-corrected chi connectivity index (χ3v) is 3.07. The highest BCUT2D eigenvalue weighted by Gasteiger charge is 2.05. The smallest absolute Gasteiger partial charge is 0.137 e. The van der Waals surface area contributed by atoms with Crippen LogP contribution in [0.5, 0.6) is 5.75 Å². The Bertz CT molecular complexity index is 719. The first-order valence-electron chi connectivity index (χ1n) is 6.03. The van der Waals surface area contributed by atoms with Crippen molar-refractivity contribution in [2.24, 2.45) is 0 Å². The van der Waals surface area contributed by atoms with Crippen molar-refractivity contribution in [2.45, 2.75) is 6.61 Å². The zero-order chi connectivity index (χ0) is 13.2. The molecule has 4 heteroatoms. The maximum absolute atomic E-state index is 9.14. The van der Waals surface area contributed by atoms with Gasteiger partial charge in [0.25, 0.3) is 0 Å². The quantitative estimate of drug-likeness (QED) is 0.781. The Labute approximate surface area is 110 Å². The van der Waals surface area contributed by atoms with Crippen molar-refractivity contribution in [3.8, 4) is 17.0 Å². The first-order valence-corrected chi connectivity index (χ1v) is 6.03. The number of ether oxygens (including phenoxy) is 1. The number of aliphatic hydroxyl groups excluding tert-OH is 1. The number of hydrogen-bond donors (Lipinski definition) is 1. The van der Waals surface area contributed by atoms with Crippen molar-refractivity contribution in [2.75, 3.05) is 7.11 Å². The number of hydrogen-bond acceptors (Lipinski definition) is 3. The molecule has 0 fully saturated rings. The molecule has 4 nitrogen and oxygen atoms in total. The summed E-state index contributed by atoms with van der Waals surface area (Å²) in [5.41, 5.74) is 3.57. The SMILES string of the molecule is COc1cccc(-c2cn3ccc(CO)cc3n2)c1. The zero-order valence-electron chi connectivity index (χ0n) is 10.6. The van der Waals surface area contributed by atoms with Crippen LogP contribution in [0.4, 0.5) is 0 Å². The second-order valence-electron chi connectivity index (χ2n) is 4.32.